The van der Waals surface area contributed by atoms with Crippen LogP contribution in [0.25, 0.3) is 11.5 Å². The van der Waals surface area contributed by atoms with Crippen molar-refractivity contribution in [2.75, 3.05) is 0 Å². The van der Waals surface area contributed by atoms with E-state index in [1.165, 1.54) is 18.3 Å². The zero-order chi connectivity index (χ0) is 10.8. The van der Waals surface area contributed by atoms with E-state index < -0.39 is 5.82 Å². The Labute approximate surface area is 90.7 Å². The Morgan fingerprint density at radius 3 is 2.87 bits per heavy atom. The Morgan fingerprint density at radius 1 is 1.47 bits per heavy atom. The largest absolute Gasteiger partial charge is 0.440 e. The molecule has 1 heterocycles. The molecule has 0 aliphatic heterocycles. The quantitative estimate of drug-likeness (QED) is 0.856. The topological polar surface area (TPSA) is 52.0 Å². The van der Waals surface area contributed by atoms with Gasteiger partial charge in [0.15, 0.2) is 0 Å². The molecule has 0 atom stereocenters. The van der Waals surface area contributed by atoms with Crippen molar-refractivity contribution in [1.82, 2.24) is 4.98 Å². The first-order valence-electron chi connectivity index (χ1n) is 4.31. The van der Waals surface area contributed by atoms with E-state index in [9.17, 15) is 4.39 Å². The van der Waals surface area contributed by atoms with Gasteiger partial charge in [0.25, 0.3) is 0 Å². The maximum absolute atomic E-state index is 13.4. The highest BCUT2D eigenvalue weighted by Crippen LogP contribution is 2.29. The molecule has 0 saturated carbocycles. The van der Waals surface area contributed by atoms with Crippen LogP contribution in [0.15, 0.2) is 28.8 Å². The van der Waals surface area contributed by atoms with Crippen molar-refractivity contribution in [2.45, 2.75) is 6.54 Å². The number of aromatic nitrogens is 1. The van der Waals surface area contributed by atoms with Crippen molar-refractivity contribution in [1.29, 1.82) is 0 Å². The van der Waals surface area contributed by atoms with E-state index in [0.717, 1.165) is 0 Å². The lowest BCUT2D eigenvalue weighted by Gasteiger charge is -2.00. The van der Waals surface area contributed by atoms with Gasteiger partial charge in [0, 0.05) is 0 Å². The number of hydrogen-bond donors (Lipinski definition) is 1. The van der Waals surface area contributed by atoms with Crippen LogP contribution in [-0.2, 0) is 6.54 Å². The summed E-state index contributed by atoms with van der Waals surface area (Å²) in [5.74, 6) is 0.177. The summed E-state index contributed by atoms with van der Waals surface area (Å²) in [6.07, 6.45) is 1.46. The lowest BCUT2D eigenvalue weighted by molar-refractivity contribution is 0.515. The molecule has 15 heavy (non-hydrogen) atoms. The molecule has 0 fully saturated rings. The first kappa shape index (κ1) is 10.1. The summed E-state index contributed by atoms with van der Waals surface area (Å²) in [6, 6.07) is 4.40. The maximum atomic E-state index is 13.4. The van der Waals surface area contributed by atoms with Gasteiger partial charge in [-0.15, -0.1) is 0 Å². The average molecular weight is 227 g/mol. The molecule has 2 aromatic rings. The summed E-state index contributed by atoms with van der Waals surface area (Å²) in [6.45, 7) is 0.221. The van der Waals surface area contributed by atoms with Gasteiger partial charge < -0.3 is 10.2 Å². The molecule has 0 spiro atoms. The second-order valence-electron chi connectivity index (χ2n) is 2.93. The molecule has 0 radical (unpaired) electrons. The van der Waals surface area contributed by atoms with Crippen molar-refractivity contribution in [2.24, 2.45) is 5.73 Å². The van der Waals surface area contributed by atoms with Gasteiger partial charge in [-0.25, -0.2) is 9.37 Å². The third-order valence-electron chi connectivity index (χ3n) is 1.93. The molecule has 1 aromatic carbocycles. The molecule has 0 bridgehead atoms. The van der Waals surface area contributed by atoms with E-state index in [0.29, 0.717) is 5.76 Å². The number of hydrogen-bond acceptors (Lipinski definition) is 3. The summed E-state index contributed by atoms with van der Waals surface area (Å²) in [5.41, 5.74) is 5.52. The number of nitrogens with two attached hydrogens (primary N) is 1. The Hall–Kier alpha value is -1.39. The minimum Gasteiger partial charge on any atom is -0.440 e. The predicted molar refractivity (Wildman–Crippen MR) is 54.8 cm³/mol. The first-order chi connectivity index (χ1) is 7.22. The predicted octanol–water partition coefficient (Wildman–Crippen LogP) is 2.59. The van der Waals surface area contributed by atoms with E-state index in [1.54, 1.807) is 6.07 Å². The van der Waals surface area contributed by atoms with Gasteiger partial charge in [0.1, 0.15) is 11.6 Å². The summed E-state index contributed by atoms with van der Waals surface area (Å²) >= 11 is 5.85. The van der Waals surface area contributed by atoms with Crippen molar-refractivity contribution >= 4 is 11.6 Å². The lowest BCUT2D eigenvalue weighted by atomic mass is 10.2. The molecule has 78 valence electrons. The first-order valence-corrected chi connectivity index (χ1v) is 4.69. The Bertz CT molecular complexity index is 464. The number of oxazole rings is 1. The maximum Gasteiger partial charge on any atom is 0.230 e. The third-order valence-corrected chi connectivity index (χ3v) is 2.25. The van der Waals surface area contributed by atoms with Crippen LogP contribution in [0.2, 0.25) is 5.02 Å². The number of halogens is 2. The summed E-state index contributed by atoms with van der Waals surface area (Å²) < 4.78 is 18.7. The molecular formula is C10H8ClFN2O. The van der Waals surface area contributed by atoms with Gasteiger partial charge in [-0.1, -0.05) is 17.7 Å². The smallest absolute Gasteiger partial charge is 0.230 e. The minimum absolute atomic E-state index is 0.151. The monoisotopic (exact) mass is 226 g/mol. The fraction of sp³-hybridized carbons (Fsp3) is 0.100. The van der Waals surface area contributed by atoms with Gasteiger partial charge in [-0.3, -0.25) is 0 Å². The van der Waals surface area contributed by atoms with E-state index in [2.05, 4.69) is 4.98 Å². The standard InChI is InChI=1S/C10H8ClFN2O/c11-7-2-1-3-8(12)9(7)10-14-5-6(4-13)15-10/h1-3,5H,4,13H2. The molecular weight excluding hydrogens is 219 g/mol. The molecule has 1 aromatic heterocycles. The van der Waals surface area contributed by atoms with E-state index in [4.69, 9.17) is 21.8 Å². The van der Waals surface area contributed by atoms with Crippen LogP contribution in [0, 0.1) is 5.82 Å². The van der Waals surface area contributed by atoms with Crippen molar-refractivity contribution in [3.8, 4) is 11.5 Å². The van der Waals surface area contributed by atoms with Gasteiger partial charge in [-0.2, -0.15) is 0 Å². The number of nitrogens with zero attached hydrogens (tertiary/aromatic N) is 1. The van der Waals surface area contributed by atoms with Crippen LogP contribution in [0.4, 0.5) is 4.39 Å². The summed E-state index contributed by atoms with van der Waals surface area (Å²) in [4.78, 5) is 3.91. The van der Waals surface area contributed by atoms with Crippen molar-refractivity contribution < 1.29 is 8.81 Å². The third kappa shape index (κ3) is 1.86. The van der Waals surface area contributed by atoms with Crippen LogP contribution >= 0.6 is 11.6 Å². The highest BCUT2D eigenvalue weighted by Gasteiger charge is 2.14. The molecule has 0 amide bonds. The van der Waals surface area contributed by atoms with Crippen molar-refractivity contribution in [3.05, 3.63) is 41.0 Å². The van der Waals surface area contributed by atoms with Crippen LogP contribution in [0.5, 0.6) is 0 Å². The van der Waals surface area contributed by atoms with E-state index in [1.807, 2.05) is 0 Å². The lowest BCUT2D eigenvalue weighted by Crippen LogP contribution is -1.92. The fourth-order valence-electron chi connectivity index (χ4n) is 1.22. The van der Waals surface area contributed by atoms with E-state index >= 15 is 0 Å². The second kappa shape index (κ2) is 4.00. The molecule has 0 aliphatic rings. The number of rotatable bonds is 2. The summed E-state index contributed by atoms with van der Waals surface area (Å²) in [5, 5.41) is 0.264. The fourth-order valence-corrected chi connectivity index (χ4v) is 1.46. The SMILES string of the molecule is NCc1cnc(-c2c(F)cccc2Cl)o1. The highest BCUT2D eigenvalue weighted by atomic mass is 35.5. The van der Waals surface area contributed by atoms with Crippen LogP contribution in [0.1, 0.15) is 5.76 Å². The van der Waals surface area contributed by atoms with Crippen LogP contribution in [-0.4, -0.2) is 4.98 Å². The molecule has 2 rings (SSSR count). The van der Waals surface area contributed by atoms with Gasteiger partial charge in [0.05, 0.1) is 23.3 Å². The Kier molecular flexibility index (Phi) is 2.70. The van der Waals surface area contributed by atoms with Crippen LogP contribution < -0.4 is 5.73 Å². The Morgan fingerprint density at radius 2 is 2.27 bits per heavy atom. The zero-order valence-electron chi connectivity index (χ0n) is 7.71. The molecule has 2 N–H and O–H groups in total. The highest BCUT2D eigenvalue weighted by molar-refractivity contribution is 6.33. The number of benzene rings is 1. The Balaban J connectivity index is 2.53. The molecule has 0 unspecified atom stereocenters. The van der Waals surface area contributed by atoms with Gasteiger partial charge in [-0.05, 0) is 12.1 Å². The average Bonchev–Trinajstić information content (AvgIpc) is 2.66. The molecule has 5 heteroatoms. The molecule has 0 aliphatic carbocycles. The van der Waals surface area contributed by atoms with Gasteiger partial charge in [0.2, 0.25) is 5.89 Å². The minimum atomic E-state index is -0.465. The van der Waals surface area contributed by atoms with Crippen LogP contribution in [0.3, 0.4) is 0 Å². The normalized spacial score (nSPS) is 10.6. The zero-order valence-corrected chi connectivity index (χ0v) is 8.46. The van der Waals surface area contributed by atoms with Crippen molar-refractivity contribution in [3.63, 3.8) is 0 Å². The van der Waals surface area contributed by atoms with Gasteiger partial charge >= 0.3 is 0 Å². The molecule has 3 nitrogen and oxygen atoms in total. The summed E-state index contributed by atoms with van der Waals surface area (Å²) in [7, 11) is 0. The van der Waals surface area contributed by atoms with E-state index in [-0.39, 0.29) is 23.0 Å². The molecule has 0 saturated heterocycles. The second-order valence-corrected chi connectivity index (χ2v) is 3.34.